The van der Waals surface area contributed by atoms with Crippen LogP contribution in [0, 0.1) is 11.8 Å². The molecule has 176 valence electrons. The molecule has 1 saturated heterocycles. The molecule has 0 aromatic heterocycles. The number of sulfonamides is 1. The van der Waals surface area contributed by atoms with Crippen molar-refractivity contribution in [3.63, 3.8) is 0 Å². The minimum Gasteiger partial charge on any atom is -0.371 e. The Morgan fingerprint density at radius 2 is 1.82 bits per heavy atom. The predicted octanol–water partition coefficient (Wildman–Crippen LogP) is 4.26. The smallest absolute Gasteiger partial charge is 0.241 e. The number of rotatable bonds is 6. The lowest BCUT2D eigenvalue weighted by Gasteiger charge is -2.33. The maximum absolute atomic E-state index is 13.1. The van der Waals surface area contributed by atoms with Crippen molar-refractivity contribution in [3.8, 4) is 0 Å². The summed E-state index contributed by atoms with van der Waals surface area (Å²) in [5.74, 6) is 1.04. The standard InChI is InChI=1S/C26H33N3O3S/c1-18-4-3-14-28(17-18)23-9-7-20(8-10-23)19(2)27-33(31,32)24-11-12-25-22(16-24)13-15-29(25)26(30)21-5-6-21/h7-12,16,18-19,21,27H,3-6,13-15,17H2,1-2H3/t18-,19-/m0/s1. The molecule has 1 aliphatic carbocycles. The number of hydrogen-bond donors (Lipinski definition) is 1. The van der Waals surface area contributed by atoms with Crippen LogP contribution < -0.4 is 14.5 Å². The highest BCUT2D eigenvalue weighted by Gasteiger charge is 2.36. The van der Waals surface area contributed by atoms with Gasteiger partial charge in [-0.2, -0.15) is 0 Å². The number of carbonyl (C=O) groups excluding carboxylic acids is 1. The molecule has 1 amide bonds. The Morgan fingerprint density at radius 3 is 2.52 bits per heavy atom. The largest absolute Gasteiger partial charge is 0.371 e. The third-order valence-electron chi connectivity index (χ3n) is 7.20. The van der Waals surface area contributed by atoms with Gasteiger partial charge in [-0.1, -0.05) is 19.1 Å². The Balaban J connectivity index is 1.27. The number of hydrogen-bond acceptors (Lipinski definition) is 4. The molecule has 1 saturated carbocycles. The van der Waals surface area contributed by atoms with Gasteiger partial charge < -0.3 is 9.80 Å². The van der Waals surface area contributed by atoms with Crippen molar-refractivity contribution in [2.45, 2.75) is 56.9 Å². The van der Waals surface area contributed by atoms with E-state index in [0.29, 0.717) is 18.9 Å². The molecular weight excluding hydrogens is 434 g/mol. The molecule has 2 atom stereocenters. The van der Waals surface area contributed by atoms with Crippen LogP contribution in [0.15, 0.2) is 47.4 Å². The van der Waals surface area contributed by atoms with Crippen molar-refractivity contribution in [2.75, 3.05) is 29.4 Å². The van der Waals surface area contributed by atoms with E-state index >= 15 is 0 Å². The lowest BCUT2D eigenvalue weighted by molar-refractivity contribution is -0.119. The number of carbonyl (C=O) groups is 1. The van der Waals surface area contributed by atoms with Crippen molar-refractivity contribution in [2.24, 2.45) is 11.8 Å². The molecule has 2 heterocycles. The minimum absolute atomic E-state index is 0.159. The van der Waals surface area contributed by atoms with E-state index in [1.807, 2.05) is 24.0 Å². The fourth-order valence-electron chi connectivity index (χ4n) is 5.09. The zero-order valence-corrected chi connectivity index (χ0v) is 20.3. The number of amides is 1. The van der Waals surface area contributed by atoms with Crippen LogP contribution in [0.3, 0.4) is 0 Å². The molecule has 0 bridgehead atoms. The van der Waals surface area contributed by atoms with Crippen molar-refractivity contribution in [1.29, 1.82) is 0 Å². The molecule has 2 aromatic rings. The summed E-state index contributed by atoms with van der Waals surface area (Å²) in [7, 11) is -3.67. The van der Waals surface area contributed by atoms with Crippen LogP contribution in [-0.4, -0.2) is 34.0 Å². The van der Waals surface area contributed by atoms with Gasteiger partial charge in [0.2, 0.25) is 15.9 Å². The Morgan fingerprint density at radius 1 is 1.06 bits per heavy atom. The van der Waals surface area contributed by atoms with Crippen LogP contribution in [0.1, 0.15) is 56.7 Å². The molecule has 0 radical (unpaired) electrons. The molecule has 2 aliphatic heterocycles. The Bertz CT molecular complexity index is 1140. The van der Waals surface area contributed by atoms with E-state index in [0.717, 1.165) is 42.7 Å². The van der Waals surface area contributed by atoms with Crippen LogP contribution in [0.5, 0.6) is 0 Å². The van der Waals surface area contributed by atoms with E-state index in [2.05, 4.69) is 28.7 Å². The molecule has 7 heteroatoms. The monoisotopic (exact) mass is 467 g/mol. The molecule has 3 aliphatic rings. The van der Waals surface area contributed by atoms with Crippen LogP contribution in [-0.2, 0) is 21.2 Å². The highest BCUT2D eigenvalue weighted by Crippen LogP contribution is 2.37. The van der Waals surface area contributed by atoms with E-state index < -0.39 is 10.0 Å². The number of nitrogens with zero attached hydrogens (tertiary/aromatic N) is 2. The number of fused-ring (bicyclic) bond motifs is 1. The summed E-state index contributed by atoms with van der Waals surface area (Å²) in [6, 6.07) is 13.0. The first-order valence-electron chi connectivity index (χ1n) is 12.1. The molecule has 1 N–H and O–H groups in total. The first-order valence-corrected chi connectivity index (χ1v) is 13.6. The van der Waals surface area contributed by atoms with Gasteiger partial charge in [-0.25, -0.2) is 13.1 Å². The van der Waals surface area contributed by atoms with Gasteiger partial charge in [-0.15, -0.1) is 0 Å². The average Bonchev–Trinajstić information content (AvgIpc) is 3.57. The fourth-order valence-corrected chi connectivity index (χ4v) is 6.37. The second kappa shape index (κ2) is 8.76. The maximum atomic E-state index is 13.1. The molecule has 5 rings (SSSR count). The first-order chi connectivity index (χ1) is 15.8. The predicted molar refractivity (Wildman–Crippen MR) is 131 cm³/mol. The molecular formula is C26H33N3O3S. The summed E-state index contributed by atoms with van der Waals surface area (Å²) in [5.41, 5.74) is 3.93. The second-order valence-electron chi connectivity index (χ2n) is 9.93. The summed E-state index contributed by atoms with van der Waals surface area (Å²) in [6.45, 7) is 6.95. The van der Waals surface area contributed by atoms with E-state index in [4.69, 9.17) is 0 Å². The van der Waals surface area contributed by atoms with Gasteiger partial charge in [0.15, 0.2) is 0 Å². The highest BCUT2D eigenvalue weighted by atomic mass is 32.2. The molecule has 2 fully saturated rings. The van der Waals surface area contributed by atoms with Gasteiger partial charge >= 0.3 is 0 Å². The summed E-state index contributed by atoms with van der Waals surface area (Å²) in [4.78, 5) is 17.0. The summed E-state index contributed by atoms with van der Waals surface area (Å²) in [6.07, 6.45) is 5.13. The van der Waals surface area contributed by atoms with E-state index in [1.54, 1.807) is 18.2 Å². The van der Waals surface area contributed by atoms with E-state index in [1.165, 1.54) is 18.5 Å². The van der Waals surface area contributed by atoms with Gasteiger partial charge in [0, 0.05) is 43.0 Å². The Labute approximate surface area is 197 Å². The number of benzene rings is 2. The maximum Gasteiger partial charge on any atom is 0.241 e. The summed E-state index contributed by atoms with van der Waals surface area (Å²) < 4.78 is 29.0. The Kier molecular flexibility index (Phi) is 5.95. The van der Waals surface area contributed by atoms with E-state index in [-0.39, 0.29) is 22.8 Å². The first kappa shape index (κ1) is 22.4. The topological polar surface area (TPSA) is 69.7 Å². The quantitative estimate of drug-likeness (QED) is 0.689. The Hall–Kier alpha value is -2.38. The second-order valence-corrected chi connectivity index (χ2v) is 11.6. The van der Waals surface area contributed by atoms with Crippen LogP contribution in [0.25, 0.3) is 0 Å². The average molecular weight is 468 g/mol. The minimum atomic E-state index is -3.67. The highest BCUT2D eigenvalue weighted by molar-refractivity contribution is 7.89. The van der Waals surface area contributed by atoms with Crippen molar-refractivity contribution >= 4 is 27.3 Å². The lowest BCUT2D eigenvalue weighted by atomic mass is 9.99. The molecule has 2 aromatic carbocycles. The molecule has 33 heavy (non-hydrogen) atoms. The van der Waals surface area contributed by atoms with Crippen molar-refractivity contribution < 1.29 is 13.2 Å². The normalized spacial score (nSPS) is 21.7. The van der Waals surface area contributed by atoms with Crippen molar-refractivity contribution in [1.82, 2.24) is 4.72 Å². The third-order valence-corrected chi connectivity index (χ3v) is 8.73. The number of piperidine rings is 1. The van der Waals surface area contributed by atoms with Crippen LogP contribution >= 0.6 is 0 Å². The number of anilines is 2. The van der Waals surface area contributed by atoms with Crippen LogP contribution in [0.2, 0.25) is 0 Å². The third kappa shape index (κ3) is 4.66. The van der Waals surface area contributed by atoms with Crippen molar-refractivity contribution in [3.05, 3.63) is 53.6 Å². The summed E-state index contributed by atoms with van der Waals surface area (Å²) >= 11 is 0. The molecule has 6 nitrogen and oxygen atoms in total. The SMILES string of the molecule is C[C@H]1CCCN(c2ccc([C@H](C)NS(=O)(=O)c3ccc4c(c3)CCN4C(=O)C3CC3)cc2)C1. The number of nitrogens with one attached hydrogen (secondary N) is 1. The van der Waals surface area contributed by atoms with Gasteiger partial charge in [0.25, 0.3) is 0 Å². The lowest BCUT2D eigenvalue weighted by Crippen LogP contribution is -2.34. The van der Waals surface area contributed by atoms with Gasteiger partial charge in [0.05, 0.1) is 4.90 Å². The fraction of sp³-hybridized carbons (Fsp3) is 0.500. The summed E-state index contributed by atoms with van der Waals surface area (Å²) in [5, 5.41) is 0. The molecule has 0 unspecified atom stereocenters. The van der Waals surface area contributed by atoms with E-state index in [9.17, 15) is 13.2 Å². The zero-order chi connectivity index (χ0) is 23.2. The van der Waals surface area contributed by atoms with Gasteiger partial charge in [-0.05, 0) is 86.4 Å². The zero-order valence-electron chi connectivity index (χ0n) is 19.5. The van der Waals surface area contributed by atoms with Gasteiger partial charge in [-0.3, -0.25) is 4.79 Å². The van der Waals surface area contributed by atoms with Crippen LogP contribution in [0.4, 0.5) is 11.4 Å². The van der Waals surface area contributed by atoms with Gasteiger partial charge in [0.1, 0.15) is 0 Å². The molecule has 0 spiro atoms.